The van der Waals surface area contributed by atoms with Gasteiger partial charge >= 0.3 is 0 Å². The number of hydrogen-bond acceptors (Lipinski definition) is 3. The molecule has 0 spiro atoms. The second-order valence-corrected chi connectivity index (χ2v) is 8.48. The number of nitrogens with zero attached hydrogens (tertiary/aromatic N) is 1. The van der Waals surface area contributed by atoms with Crippen molar-refractivity contribution in [3.63, 3.8) is 0 Å². The van der Waals surface area contributed by atoms with Crippen LogP contribution in [0.2, 0.25) is 0 Å². The maximum Gasteiger partial charge on any atom is 0.261 e. The number of aryl methyl sites for hydroxylation is 1. The highest BCUT2D eigenvalue weighted by atomic mass is 16.5. The van der Waals surface area contributed by atoms with Gasteiger partial charge in [0.05, 0.1) is 0 Å². The van der Waals surface area contributed by atoms with E-state index in [0.717, 1.165) is 29.0 Å². The third kappa shape index (κ3) is 6.07. The summed E-state index contributed by atoms with van der Waals surface area (Å²) in [7, 11) is 0. The summed E-state index contributed by atoms with van der Waals surface area (Å²) in [5.74, 6) is 1.06. The molecule has 1 aliphatic rings. The van der Waals surface area contributed by atoms with Gasteiger partial charge in [0.2, 0.25) is 0 Å². The molecule has 1 fully saturated rings. The van der Waals surface area contributed by atoms with Crippen molar-refractivity contribution >= 4 is 5.91 Å². The van der Waals surface area contributed by atoms with Crippen LogP contribution in [0.25, 0.3) is 0 Å². The maximum absolute atomic E-state index is 12.6. The summed E-state index contributed by atoms with van der Waals surface area (Å²) in [6.45, 7) is 12.0. The normalized spacial score (nSPS) is 15.5. The van der Waals surface area contributed by atoms with E-state index in [1.165, 1.54) is 31.5 Å². The molecule has 0 radical (unpaired) electrons. The molecule has 1 N–H and O–H groups in total. The number of rotatable bonds is 8. The Balaban J connectivity index is 1.56. The molecule has 4 heteroatoms. The van der Waals surface area contributed by atoms with E-state index in [9.17, 15) is 4.79 Å². The van der Waals surface area contributed by atoms with E-state index in [1.807, 2.05) is 19.9 Å². The van der Waals surface area contributed by atoms with Crippen LogP contribution in [0.1, 0.15) is 61.8 Å². The molecule has 4 nitrogen and oxygen atoms in total. The third-order valence-corrected chi connectivity index (χ3v) is 5.53. The van der Waals surface area contributed by atoms with E-state index in [0.29, 0.717) is 12.5 Å². The molecule has 1 saturated heterocycles. The Morgan fingerprint density at radius 2 is 1.79 bits per heavy atom. The average molecular weight is 395 g/mol. The summed E-state index contributed by atoms with van der Waals surface area (Å²) >= 11 is 0. The minimum Gasteiger partial charge on any atom is -0.481 e. The van der Waals surface area contributed by atoms with Gasteiger partial charge in [-0.25, -0.2) is 0 Å². The second-order valence-electron chi connectivity index (χ2n) is 8.48. The lowest BCUT2D eigenvalue weighted by molar-refractivity contribution is -0.127. The van der Waals surface area contributed by atoms with Gasteiger partial charge in [0.25, 0.3) is 5.91 Å². The van der Waals surface area contributed by atoms with Crippen LogP contribution in [0, 0.1) is 6.92 Å². The Morgan fingerprint density at radius 1 is 1.07 bits per heavy atom. The lowest BCUT2D eigenvalue weighted by Gasteiger charge is -2.19. The number of carbonyl (C=O) groups excluding carboxylic acids is 1. The Labute approximate surface area is 175 Å². The molecule has 1 atom stereocenters. The van der Waals surface area contributed by atoms with Crippen LogP contribution in [0.15, 0.2) is 42.5 Å². The summed E-state index contributed by atoms with van der Waals surface area (Å²) < 4.78 is 6.03. The Bertz CT molecular complexity index is 825. The molecule has 0 aromatic heterocycles. The predicted octanol–water partition coefficient (Wildman–Crippen LogP) is 4.80. The van der Waals surface area contributed by atoms with Gasteiger partial charge in [0, 0.05) is 13.1 Å². The fourth-order valence-corrected chi connectivity index (χ4v) is 3.83. The van der Waals surface area contributed by atoms with Gasteiger partial charge < -0.3 is 10.1 Å². The van der Waals surface area contributed by atoms with Crippen LogP contribution >= 0.6 is 0 Å². The SMILES string of the molecule is Cc1ccc(C(C)C)c(OC(C)C(=O)NCc2cccc(CN3CCCC3)c2)c1. The summed E-state index contributed by atoms with van der Waals surface area (Å²) in [6.07, 6.45) is 2.06. The number of hydrogen-bond donors (Lipinski definition) is 1. The maximum atomic E-state index is 12.6. The third-order valence-electron chi connectivity index (χ3n) is 5.53. The zero-order valence-corrected chi connectivity index (χ0v) is 18.2. The lowest BCUT2D eigenvalue weighted by atomic mass is 10.0. The second kappa shape index (κ2) is 9.93. The topological polar surface area (TPSA) is 41.6 Å². The zero-order valence-electron chi connectivity index (χ0n) is 18.2. The van der Waals surface area contributed by atoms with Crippen LogP contribution in [-0.2, 0) is 17.9 Å². The summed E-state index contributed by atoms with van der Waals surface area (Å²) in [5, 5.41) is 3.03. The van der Waals surface area contributed by atoms with Crippen molar-refractivity contribution in [3.05, 3.63) is 64.7 Å². The molecule has 1 amide bonds. The number of carbonyl (C=O) groups is 1. The number of benzene rings is 2. The molecule has 1 heterocycles. The fourth-order valence-electron chi connectivity index (χ4n) is 3.83. The van der Waals surface area contributed by atoms with E-state index in [-0.39, 0.29) is 5.91 Å². The number of ether oxygens (including phenoxy) is 1. The van der Waals surface area contributed by atoms with Crippen LogP contribution < -0.4 is 10.1 Å². The van der Waals surface area contributed by atoms with E-state index >= 15 is 0 Å². The first kappa shape index (κ1) is 21.4. The van der Waals surface area contributed by atoms with Gasteiger partial charge in [0.1, 0.15) is 5.75 Å². The first-order valence-electron chi connectivity index (χ1n) is 10.8. The standard InChI is InChI=1S/C25H34N2O2/c1-18(2)23-11-10-19(3)14-24(23)29-20(4)25(28)26-16-21-8-7-9-22(15-21)17-27-12-5-6-13-27/h7-11,14-15,18,20H,5-6,12-13,16-17H2,1-4H3,(H,26,28). The smallest absolute Gasteiger partial charge is 0.261 e. The minimum absolute atomic E-state index is 0.0915. The number of amides is 1. The largest absolute Gasteiger partial charge is 0.481 e. The van der Waals surface area contributed by atoms with Gasteiger partial charge in [-0.05, 0) is 74.0 Å². The molecule has 2 aromatic rings. The van der Waals surface area contributed by atoms with Crippen LogP contribution in [0.3, 0.4) is 0 Å². The van der Waals surface area contributed by atoms with Crippen molar-refractivity contribution in [1.29, 1.82) is 0 Å². The first-order valence-corrected chi connectivity index (χ1v) is 10.8. The lowest BCUT2D eigenvalue weighted by Crippen LogP contribution is -2.36. The molecule has 3 rings (SSSR count). The summed E-state index contributed by atoms with van der Waals surface area (Å²) in [6, 6.07) is 14.7. The van der Waals surface area contributed by atoms with Crippen LogP contribution in [0.5, 0.6) is 5.75 Å². The molecule has 0 aliphatic carbocycles. The first-order chi connectivity index (χ1) is 13.9. The molecule has 29 heavy (non-hydrogen) atoms. The number of likely N-dealkylation sites (tertiary alicyclic amines) is 1. The highest BCUT2D eigenvalue weighted by molar-refractivity contribution is 5.80. The van der Waals surface area contributed by atoms with Crippen molar-refractivity contribution in [1.82, 2.24) is 10.2 Å². The minimum atomic E-state index is -0.540. The van der Waals surface area contributed by atoms with Crippen molar-refractivity contribution in [2.45, 2.75) is 65.6 Å². The zero-order chi connectivity index (χ0) is 20.8. The molecular formula is C25H34N2O2. The van der Waals surface area contributed by atoms with Gasteiger partial charge in [-0.3, -0.25) is 9.69 Å². The summed E-state index contributed by atoms with van der Waals surface area (Å²) in [4.78, 5) is 15.1. The number of nitrogens with one attached hydrogen (secondary N) is 1. The Morgan fingerprint density at radius 3 is 2.52 bits per heavy atom. The van der Waals surface area contributed by atoms with Gasteiger partial charge in [-0.1, -0.05) is 50.2 Å². The molecule has 156 valence electrons. The summed E-state index contributed by atoms with van der Waals surface area (Å²) in [5.41, 5.74) is 4.70. The van der Waals surface area contributed by atoms with Crippen molar-refractivity contribution in [3.8, 4) is 5.75 Å². The Hall–Kier alpha value is -2.33. The molecule has 1 aliphatic heterocycles. The van der Waals surface area contributed by atoms with Gasteiger partial charge in [-0.15, -0.1) is 0 Å². The monoisotopic (exact) mass is 394 g/mol. The van der Waals surface area contributed by atoms with Crippen molar-refractivity contribution in [2.24, 2.45) is 0 Å². The van der Waals surface area contributed by atoms with E-state index in [1.54, 1.807) is 0 Å². The van der Waals surface area contributed by atoms with E-state index in [2.05, 4.69) is 60.5 Å². The van der Waals surface area contributed by atoms with Gasteiger partial charge in [0.15, 0.2) is 6.10 Å². The van der Waals surface area contributed by atoms with Crippen molar-refractivity contribution < 1.29 is 9.53 Å². The molecular weight excluding hydrogens is 360 g/mol. The van der Waals surface area contributed by atoms with Crippen molar-refractivity contribution in [2.75, 3.05) is 13.1 Å². The van der Waals surface area contributed by atoms with E-state index in [4.69, 9.17) is 4.74 Å². The molecule has 0 saturated carbocycles. The molecule has 0 bridgehead atoms. The quantitative estimate of drug-likeness (QED) is 0.699. The molecule has 2 aromatic carbocycles. The molecule has 1 unspecified atom stereocenters. The fraction of sp³-hybridized carbons (Fsp3) is 0.480. The van der Waals surface area contributed by atoms with Gasteiger partial charge in [-0.2, -0.15) is 0 Å². The predicted molar refractivity (Wildman–Crippen MR) is 118 cm³/mol. The average Bonchev–Trinajstić information content (AvgIpc) is 3.19. The van der Waals surface area contributed by atoms with E-state index < -0.39 is 6.10 Å². The Kier molecular flexibility index (Phi) is 7.32. The van der Waals surface area contributed by atoms with Crippen LogP contribution in [0.4, 0.5) is 0 Å². The highest BCUT2D eigenvalue weighted by Gasteiger charge is 2.18. The highest BCUT2D eigenvalue weighted by Crippen LogP contribution is 2.28. The van der Waals surface area contributed by atoms with Crippen LogP contribution in [-0.4, -0.2) is 30.0 Å².